The van der Waals surface area contributed by atoms with Gasteiger partial charge in [-0.1, -0.05) is 89.5 Å². The number of rotatable bonds is 7. The summed E-state index contributed by atoms with van der Waals surface area (Å²) in [6, 6.07) is 27.0. The van der Waals surface area contributed by atoms with Crippen molar-refractivity contribution in [1.82, 2.24) is 10.2 Å². The van der Waals surface area contributed by atoms with E-state index in [0.29, 0.717) is 16.3 Å². The number of nitrogens with one attached hydrogen (secondary N) is 1. The fraction of sp³-hybridized carbons (Fsp3) is 0.0435. The molecule has 0 bridgehead atoms. The Morgan fingerprint density at radius 1 is 0.935 bits per heavy atom. The molecule has 4 aromatic rings. The van der Waals surface area contributed by atoms with Crippen molar-refractivity contribution in [1.29, 1.82) is 5.26 Å². The molecule has 1 aromatic heterocycles. The van der Waals surface area contributed by atoms with Crippen molar-refractivity contribution in [2.45, 2.75) is 19.9 Å². The molecule has 0 radical (unpaired) electrons. The number of hydrogen-bond donors (Lipinski definition) is 1. The Bertz CT molecular complexity index is 1230. The predicted molar refractivity (Wildman–Crippen MR) is 126 cm³/mol. The van der Waals surface area contributed by atoms with E-state index in [2.05, 4.69) is 33.7 Å². The largest absolute Gasteiger partial charge is 0.296 e. The van der Waals surface area contributed by atoms with E-state index in [0.717, 1.165) is 19.9 Å². The van der Waals surface area contributed by atoms with Crippen LogP contribution in [0.15, 0.2) is 93.0 Å². The van der Waals surface area contributed by atoms with Crippen LogP contribution in [0.2, 0.25) is 0 Å². The summed E-state index contributed by atoms with van der Waals surface area (Å²) in [5.41, 5.74) is 2.30. The fourth-order valence-corrected chi connectivity index (χ4v) is 5.44. The Morgan fingerprint density at radius 3 is 2.45 bits per heavy atom. The third-order valence-electron chi connectivity index (χ3n) is 4.19. The van der Waals surface area contributed by atoms with E-state index in [9.17, 15) is 10.1 Å². The molecule has 0 aliphatic rings. The number of aromatic nitrogens is 2. The monoisotopic (exact) mass is 460 g/mol. The number of thioether (sulfide) groups is 1. The van der Waals surface area contributed by atoms with Crippen molar-refractivity contribution in [2.24, 2.45) is 0 Å². The second kappa shape index (κ2) is 10.3. The van der Waals surface area contributed by atoms with Crippen molar-refractivity contribution in [3.8, 4) is 6.07 Å². The first kappa shape index (κ1) is 21.1. The topological polar surface area (TPSA) is 78.7 Å². The summed E-state index contributed by atoms with van der Waals surface area (Å²) in [6.45, 7) is 0. The van der Waals surface area contributed by atoms with E-state index in [1.165, 1.54) is 28.7 Å². The number of nitrogens with zero attached hydrogens (tertiary/aromatic N) is 3. The van der Waals surface area contributed by atoms with E-state index in [4.69, 9.17) is 0 Å². The van der Waals surface area contributed by atoms with Gasteiger partial charge in [-0.05, 0) is 29.8 Å². The molecule has 8 heteroatoms. The van der Waals surface area contributed by atoms with Crippen molar-refractivity contribution < 1.29 is 4.79 Å². The molecule has 0 saturated carbocycles. The molecule has 1 N–H and O–H groups in total. The van der Waals surface area contributed by atoms with E-state index in [-0.39, 0.29) is 5.91 Å². The van der Waals surface area contributed by atoms with Gasteiger partial charge in [0, 0.05) is 15.5 Å². The van der Waals surface area contributed by atoms with Crippen LogP contribution in [0.25, 0.3) is 0 Å². The fourth-order valence-electron chi connectivity index (χ4n) is 2.71. The molecule has 0 aliphatic heterocycles. The van der Waals surface area contributed by atoms with Gasteiger partial charge in [0.15, 0.2) is 4.34 Å². The van der Waals surface area contributed by atoms with Crippen LogP contribution in [0.4, 0.5) is 5.13 Å². The normalized spacial score (nSPS) is 10.4. The molecule has 0 aliphatic carbocycles. The number of carbonyl (C=O) groups is 1. The molecule has 152 valence electrons. The third-order valence-corrected chi connectivity index (χ3v) is 7.39. The number of hydrogen-bond acceptors (Lipinski definition) is 7. The molecule has 1 heterocycles. The molecule has 31 heavy (non-hydrogen) atoms. The standard InChI is InChI=1S/C23H16N4OS3/c24-14-17-10-4-6-12-19(17)30-20-13-7-5-11-18(20)21(28)25-22-26-27-23(31-22)29-15-16-8-2-1-3-9-16/h1-13H,15H2,(H,25,26,28). The maximum absolute atomic E-state index is 12.9. The molecule has 4 rings (SSSR count). The maximum atomic E-state index is 12.9. The Hall–Kier alpha value is -3.12. The summed E-state index contributed by atoms with van der Waals surface area (Å²) in [6.07, 6.45) is 0. The zero-order valence-electron chi connectivity index (χ0n) is 16.2. The first-order chi connectivity index (χ1) is 15.2. The first-order valence-electron chi connectivity index (χ1n) is 9.30. The van der Waals surface area contributed by atoms with Gasteiger partial charge in [0.25, 0.3) is 5.91 Å². The molecule has 0 fully saturated rings. The zero-order valence-corrected chi connectivity index (χ0v) is 18.6. The van der Waals surface area contributed by atoms with Gasteiger partial charge in [0.05, 0.1) is 11.1 Å². The lowest BCUT2D eigenvalue weighted by atomic mass is 10.2. The lowest BCUT2D eigenvalue weighted by Gasteiger charge is -2.09. The smallest absolute Gasteiger partial charge is 0.258 e. The van der Waals surface area contributed by atoms with Crippen LogP contribution in [-0.2, 0) is 5.75 Å². The Balaban J connectivity index is 1.45. The zero-order chi connectivity index (χ0) is 21.5. The van der Waals surface area contributed by atoms with Crippen LogP contribution in [0.1, 0.15) is 21.5 Å². The second-order valence-corrected chi connectivity index (χ2v) is 9.59. The van der Waals surface area contributed by atoms with Crippen LogP contribution in [0, 0.1) is 11.3 Å². The average molecular weight is 461 g/mol. The first-order valence-corrected chi connectivity index (χ1v) is 11.9. The van der Waals surface area contributed by atoms with Crippen LogP contribution in [0.3, 0.4) is 0 Å². The van der Waals surface area contributed by atoms with Gasteiger partial charge in [0.2, 0.25) is 5.13 Å². The molecule has 0 unspecified atom stereocenters. The van der Waals surface area contributed by atoms with E-state index in [1.54, 1.807) is 23.9 Å². The average Bonchev–Trinajstić information content (AvgIpc) is 3.26. The van der Waals surface area contributed by atoms with Crippen LogP contribution < -0.4 is 5.32 Å². The quantitative estimate of drug-likeness (QED) is 0.265. The molecule has 5 nitrogen and oxygen atoms in total. The van der Waals surface area contributed by atoms with Crippen molar-refractivity contribution >= 4 is 45.9 Å². The SMILES string of the molecule is N#Cc1ccccc1Sc1ccccc1C(=O)Nc1nnc(SCc2ccccc2)s1. The minimum absolute atomic E-state index is 0.256. The van der Waals surface area contributed by atoms with Crippen molar-refractivity contribution in [3.05, 3.63) is 95.6 Å². The molecule has 3 aromatic carbocycles. The summed E-state index contributed by atoms with van der Waals surface area (Å²) in [5, 5.41) is 20.9. The van der Waals surface area contributed by atoms with Gasteiger partial charge in [0.1, 0.15) is 6.07 Å². The van der Waals surface area contributed by atoms with Gasteiger partial charge >= 0.3 is 0 Å². The predicted octanol–water partition coefficient (Wildman–Crippen LogP) is 6.11. The molecule has 0 atom stereocenters. The minimum Gasteiger partial charge on any atom is -0.296 e. The van der Waals surface area contributed by atoms with E-state index in [1.807, 2.05) is 54.6 Å². The van der Waals surface area contributed by atoms with E-state index < -0.39 is 0 Å². The number of anilines is 1. The van der Waals surface area contributed by atoms with Gasteiger partial charge in [-0.15, -0.1) is 10.2 Å². The van der Waals surface area contributed by atoms with Crippen LogP contribution in [-0.4, -0.2) is 16.1 Å². The highest BCUT2D eigenvalue weighted by atomic mass is 32.2. The highest BCUT2D eigenvalue weighted by Gasteiger charge is 2.16. The Kier molecular flexibility index (Phi) is 6.99. The summed E-state index contributed by atoms with van der Waals surface area (Å²) >= 11 is 4.33. The van der Waals surface area contributed by atoms with Crippen LogP contribution >= 0.6 is 34.9 Å². The van der Waals surface area contributed by atoms with Crippen molar-refractivity contribution in [3.63, 3.8) is 0 Å². The summed E-state index contributed by atoms with van der Waals surface area (Å²) < 4.78 is 0.796. The number of carbonyl (C=O) groups excluding carboxylic acids is 1. The van der Waals surface area contributed by atoms with Gasteiger partial charge < -0.3 is 0 Å². The number of nitriles is 1. The molecule has 0 saturated heterocycles. The molecule has 1 amide bonds. The Morgan fingerprint density at radius 2 is 1.65 bits per heavy atom. The molecular weight excluding hydrogens is 444 g/mol. The van der Waals surface area contributed by atoms with E-state index >= 15 is 0 Å². The van der Waals surface area contributed by atoms with Gasteiger partial charge in [-0.3, -0.25) is 10.1 Å². The maximum Gasteiger partial charge on any atom is 0.258 e. The van der Waals surface area contributed by atoms with Crippen molar-refractivity contribution in [2.75, 3.05) is 5.32 Å². The molecule has 0 spiro atoms. The lowest BCUT2D eigenvalue weighted by Crippen LogP contribution is -2.12. The Labute approximate surface area is 192 Å². The highest BCUT2D eigenvalue weighted by Crippen LogP contribution is 2.33. The summed E-state index contributed by atoms with van der Waals surface area (Å²) in [7, 11) is 0. The highest BCUT2D eigenvalue weighted by molar-refractivity contribution is 8.00. The summed E-state index contributed by atoms with van der Waals surface area (Å²) in [5.74, 6) is 0.537. The van der Waals surface area contributed by atoms with Gasteiger partial charge in [-0.2, -0.15) is 5.26 Å². The lowest BCUT2D eigenvalue weighted by molar-refractivity contribution is 0.102. The number of amides is 1. The molecular formula is C23H16N4OS3. The van der Waals surface area contributed by atoms with Crippen LogP contribution in [0.5, 0.6) is 0 Å². The number of benzene rings is 3. The minimum atomic E-state index is -0.256. The second-order valence-electron chi connectivity index (χ2n) is 6.31. The summed E-state index contributed by atoms with van der Waals surface area (Å²) in [4.78, 5) is 14.5. The third kappa shape index (κ3) is 5.52. The van der Waals surface area contributed by atoms with Gasteiger partial charge in [-0.25, -0.2) is 0 Å².